The molecule has 1 aromatic carbocycles. The van der Waals surface area contributed by atoms with Crippen molar-refractivity contribution in [3.8, 4) is 0 Å². The van der Waals surface area contributed by atoms with E-state index in [4.69, 9.17) is 4.42 Å². The third-order valence-corrected chi connectivity index (χ3v) is 3.47. The van der Waals surface area contributed by atoms with Crippen molar-refractivity contribution in [1.82, 2.24) is 5.43 Å². The minimum Gasteiger partial charge on any atom is -0.463 e. The van der Waals surface area contributed by atoms with Gasteiger partial charge in [0.1, 0.15) is 5.76 Å². The Labute approximate surface area is 127 Å². The molecule has 1 saturated heterocycles. The predicted octanol–water partition coefficient (Wildman–Crippen LogP) is 1.78. The average molecular weight is 297 g/mol. The molecule has 3 rings (SSSR count). The molecule has 0 aliphatic carbocycles. The Morgan fingerprint density at radius 2 is 2.09 bits per heavy atom. The first-order chi connectivity index (χ1) is 10.7. The largest absolute Gasteiger partial charge is 0.463 e. The van der Waals surface area contributed by atoms with E-state index in [1.165, 1.54) is 12.5 Å². The summed E-state index contributed by atoms with van der Waals surface area (Å²) in [5.74, 6) is -0.175. The van der Waals surface area contributed by atoms with Gasteiger partial charge in [0.15, 0.2) is 0 Å². The van der Waals surface area contributed by atoms with E-state index in [9.17, 15) is 9.59 Å². The van der Waals surface area contributed by atoms with E-state index in [2.05, 4.69) is 10.5 Å². The molecule has 1 fully saturated rings. The van der Waals surface area contributed by atoms with Crippen LogP contribution in [0.2, 0.25) is 0 Å². The Hall–Kier alpha value is -2.89. The van der Waals surface area contributed by atoms with Gasteiger partial charge in [0.05, 0.1) is 18.4 Å². The van der Waals surface area contributed by atoms with Crippen LogP contribution in [0, 0.1) is 5.92 Å². The topological polar surface area (TPSA) is 74.9 Å². The molecule has 0 bridgehead atoms. The van der Waals surface area contributed by atoms with Gasteiger partial charge in [-0.05, 0) is 24.3 Å². The normalized spacial score (nSPS) is 18.1. The van der Waals surface area contributed by atoms with Gasteiger partial charge >= 0.3 is 0 Å². The highest BCUT2D eigenvalue weighted by Crippen LogP contribution is 2.24. The predicted molar refractivity (Wildman–Crippen MR) is 81.3 cm³/mol. The van der Waals surface area contributed by atoms with Crippen molar-refractivity contribution in [3.05, 3.63) is 54.5 Å². The minimum absolute atomic E-state index is 0.0543. The summed E-state index contributed by atoms with van der Waals surface area (Å²) in [6, 6.07) is 12.8. The Balaban J connectivity index is 1.59. The highest BCUT2D eigenvalue weighted by molar-refractivity contribution is 6.00. The number of anilines is 1. The molecular formula is C16H15N3O3. The summed E-state index contributed by atoms with van der Waals surface area (Å²) in [5.41, 5.74) is 3.25. The number of carbonyl (C=O) groups is 2. The Kier molecular flexibility index (Phi) is 4.00. The van der Waals surface area contributed by atoms with Crippen LogP contribution in [0.4, 0.5) is 5.69 Å². The highest BCUT2D eigenvalue weighted by atomic mass is 16.3. The zero-order chi connectivity index (χ0) is 15.4. The van der Waals surface area contributed by atoms with Crippen LogP contribution in [0.3, 0.4) is 0 Å². The maximum Gasteiger partial charge on any atom is 0.245 e. The number of hydrogen-bond acceptors (Lipinski definition) is 4. The lowest BCUT2D eigenvalue weighted by molar-refractivity contribution is -0.126. The number of nitrogens with zero attached hydrogens (tertiary/aromatic N) is 2. The first kappa shape index (κ1) is 14.1. The van der Waals surface area contributed by atoms with Crippen LogP contribution >= 0.6 is 0 Å². The molecule has 0 saturated carbocycles. The first-order valence-corrected chi connectivity index (χ1v) is 6.96. The quantitative estimate of drug-likeness (QED) is 0.690. The summed E-state index contributed by atoms with van der Waals surface area (Å²) in [4.78, 5) is 25.7. The third kappa shape index (κ3) is 3.06. The molecule has 1 aliphatic heterocycles. The highest BCUT2D eigenvalue weighted by Gasteiger charge is 2.34. The van der Waals surface area contributed by atoms with Gasteiger partial charge in [-0.15, -0.1) is 0 Å². The number of para-hydroxylation sites is 1. The molecule has 2 amide bonds. The van der Waals surface area contributed by atoms with Crippen LogP contribution in [-0.2, 0) is 9.59 Å². The molecule has 1 aromatic heterocycles. The number of carbonyl (C=O) groups excluding carboxylic acids is 2. The van der Waals surface area contributed by atoms with Crippen molar-refractivity contribution in [2.24, 2.45) is 11.0 Å². The number of furan rings is 1. The second-order valence-electron chi connectivity index (χ2n) is 4.99. The second-order valence-corrected chi connectivity index (χ2v) is 4.99. The van der Waals surface area contributed by atoms with E-state index in [0.29, 0.717) is 12.3 Å². The van der Waals surface area contributed by atoms with Crippen molar-refractivity contribution in [3.63, 3.8) is 0 Å². The van der Waals surface area contributed by atoms with Gasteiger partial charge < -0.3 is 9.32 Å². The molecule has 0 unspecified atom stereocenters. The number of rotatable bonds is 4. The Bertz CT molecular complexity index is 680. The number of hydrogen-bond donors (Lipinski definition) is 1. The average Bonchev–Trinajstić information content (AvgIpc) is 3.17. The van der Waals surface area contributed by atoms with E-state index >= 15 is 0 Å². The van der Waals surface area contributed by atoms with Crippen molar-refractivity contribution in [2.75, 3.05) is 11.4 Å². The minimum atomic E-state index is -0.401. The van der Waals surface area contributed by atoms with Crippen LogP contribution in [-0.4, -0.2) is 24.6 Å². The summed E-state index contributed by atoms with van der Waals surface area (Å²) in [7, 11) is 0. The maximum atomic E-state index is 12.1. The van der Waals surface area contributed by atoms with Crippen molar-refractivity contribution in [2.45, 2.75) is 6.42 Å². The lowest BCUT2D eigenvalue weighted by Gasteiger charge is -2.16. The molecule has 0 spiro atoms. The van der Waals surface area contributed by atoms with Crippen LogP contribution in [0.1, 0.15) is 12.2 Å². The SMILES string of the molecule is O=C(N/N=C/c1ccco1)[C@H]1CC(=O)N(c2ccccc2)C1. The van der Waals surface area contributed by atoms with Gasteiger partial charge in [-0.25, -0.2) is 5.43 Å². The van der Waals surface area contributed by atoms with Crippen LogP contribution in [0.5, 0.6) is 0 Å². The van der Waals surface area contributed by atoms with Crippen molar-refractivity contribution in [1.29, 1.82) is 0 Å². The molecular weight excluding hydrogens is 282 g/mol. The van der Waals surface area contributed by atoms with E-state index in [-0.39, 0.29) is 18.2 Å². The summed E-state index contributed by atoms with van der Waals surface area (Å²) in [6.07, 6.45) is 3.14. The van der Waals surface area contributed by atoms with E-state index < -0.39 is 5.92 Å². The monoisotopic (exact) mass is 297 g/mol. The van der Waals surface area contributed by atoms with Gasteiger partial charge in [0.25, 0.3) is 0 Å². The maximum absolute atomic E-state index is 12.1. The molecule has 22 heavy (non-hydrogen) atoms. The first-order valence-electron chi connectivity index (χ1n) is 6.96. The van der Waals surface area contributed by atoms with Crippen molar-refractivity contribution < 1.29 is 14.0 Å². The van der Waals surface area contributed by atoms with Gasteiger partial charge in [-0.1, -0.05) is 18.2 Å². The molecule has 2 heterocycles. The van der Waals surface area contributed by atoms with E-state index in [0.717, 1.165) is 5.69 Å². The molecule has 6 heteroatoms. The molecule has 112 valence electrons. The number of nitrogens with one attached hydrogen (secondary N) is 1. The molecule has 1 N–H and O–H groups in total. The van der Waals surface area contributed by atoms with Crippen molar-refractivity contribution >= 4 is 23.7 Å². The van der Waals surface area contributed by atoms with Gasteiger partial charge in [-0.2, -0.15) is 5.10 Å². The molecule has 1 aliphatic rings. The van der Waals surface area contributed by atoms with Gasteiger partial charge in [0.2, 0.25) is 11.8 Å². The van der Waals surface area contributed by atoms with Crippen LogP contribution in [0.25, 0.3) is 0 Å². The molecule has 1 atom stereocenters. The van der Waals surface area contributed by atoms with Gasteiger partial charge in [0, 0.05) is 18.7 Å². The Morgan fingerprint density at radius 3 is 2.82 bits per heavy atom. The van der Waals surface area contributed by atoms with Crippen LogP contribution < -0.4 is 10.3 Å². The molecule has 2 aromatic rings. The van der Waals surface area contributed by atoms with E-state index in [1.54, 1.807) is 17.0 Å². The number of amides is 2. The lowest BCUT2D eigenvalue weighted by Crippen LogP contribution is -2.30. The fraction of sp³-hybridized carbons (Fsp3) is 0.188. The summed E-state index contributed by atoms with van der Waals surface area (Å²) in [6.45, 7) is 0.366. The second kappa shape index (κ2) is 6.26. The zero-order valence-electron chi connectivity index (χ0n) is 11.8. The summed E-state index contributed by atoms with van der Waals surface area (Å²) in [5, 5.41) is 3.83. The lowest BCUT2D eigenvalue weighted by atomic mass is 10.1. The third-order valence-electron chi connectivity index (χ3n) is 3.47. The smallest absolute Gasteiger partial charge is 0.245 e. The number of hydrazone groups is 1. The van der Waals surface area contributed by atoms with E-state index in [1.807, 2.05) is 30.3 Å². The Morgan fingerprint density at radius 1 is 1.27 bits per heavy atom. The molecule has 0 radical (unpaired) electrons. The fourth-order valence-electron chi connectivity index (χ4n) is 2.36. The summed E-state index contributed by atoms with van der Waals surface area (Å²) < 4.78 is 5.07. The zero-order valence-corrected chi connectivity index (χ0v) is 11.8. The molecule has 6 nitrogen and oxygen atoms in total. The number of benzene rings is 1. The fourth-order valence-corrected chi connectivity index (χ4v) is 2.36. The standard InChI is InChI=1S/C16H15N3O3/c20-15-9-12(11-19(15)13-5-2-1-3-6-13)16(21)18-17-10-14-7-4-8-22-14/h1-8,10,12H,9,11H2,(H,18,21)/b17-10+/t12-/m0/s1. The summed E-state index contributed by atoms with van der Waals surface area (Å²) >= 11 is 0. The van der Waals surface area contributed by atoms with Crippen LogP contribution in [0.15, 0.2) is 58.2 Å². The van der Waals surface area contributed by atoms with Gasteiger partial charge in [-0.3, -0.25) is 9.59 Å².